The Balaban J connectivity index is 2.00. The van der Waals surface area contributed by atoms with Crippen molar-refractivity contribution in [3.05, 3.63) is 47.5 Å². The molecule has 1 aromatic heterocycles. The van der Waals surface area contributed by atoms with E-state index in [0.717, 1.165) is 5.56 Å². The molecule has 17 heavy (non-hydrogen) atoms. The topological polar surface area (TPSA) is 47.3 Å². The highest BCUT2D eigenvalue weighted by Gasteiger charge is 2.30. The molecule has 0 spiro atoms. The summed E-state index contributed by atoms with van der Waals surface area (Å²) in [6.45, 7) is 0.423. The predicted molar refractivity (Wildman–Crippen MR) is 63.2 cm³/mol. The second kappa shape index (κ2) is 4.05. The Bertz CT molecular complexity index is 527. The fourth-order valence-corrected chi connectivity index (χ4v) is 2.25. The molecule has 0 radical (unpaired) electrons. The molecule has 88 valence electrons. The van der Waals surface area contributed by atoms with Gasteiger partial charge in [0.25, 0.3) is 0 Å². The maximum absolute atomic E-state index is 10.3. The Kier molecular flexibility index (Phi) is 2.53. The summed E-state index contributed by atoms with van der Waals surface area (Å²) in [6, 6.07) is 5.11. The number of halogens is 1. The van der Waals surface area contributed by atoms with E-state index in [1.807, 2.05) is 10.8 Å². The van der Waals surface area contributed by atoms with Gasteiger partial charge in [-0.1, -0.05) is 11.6 Å². The molecule has 2 atom stereocenters. The summed E-state index contributed by atoms with van der Waals surface area (Å²) in [4.78, 5) is 3.98. The zero-order chi connectivity index (χ0) is 11.8. The normalized spacial score (nSPS) is 22.9. The Morgan fingerprint density at radius 2 is 2.35 bits per heavy atom. The van der Waals surface area contributed by atoms with Crippen molar-refractivity contribution >= 4 is 11.6 Å². The van der Waals surface area contributed by atoms with E-state index in [4.69, 9.17) is 16.3 Å². The monoisotopic (exact) mass is 250 g/mol. The van der Waals surface area contributed by atoms with Crippen LogP contribution in [0.15, 0.2) is 36.9 Å². The Labute approximate surface area is 103 Å². The second-order valence-electron chi connectivity index (χ2n) is 4.02. The third-order valence-corrected chi connectivity index (χ3v) is 3.21. The van der Waals surface area contributed by atoms with E-state index in [9.17, 15) is 5.11 Å². The first kappa shape index (κ1) is 10.6. The SMILES string of the molecule is O[C@H]1c2cc(Cl)ccc2OC[C@H]1n1ccnc1. The van der Waals surface area contributed by atoms with Crippen LogP contribution in [0.4, 0.5) is 0 Å². The van der Waals surface area contributed by atoms with Crippen LogP contribution in [0.1, 0.15) is 17.7 Å². The molecule has 2 heterocycles. The number of benzene rings is 1. The van der Waals surface area contributed by atoms with E-state index in [-0.39, 0.29) is 6.04 Å². The molecule has 0 saturated heterocycles. The zero-order valence-corrected chi connectivity index (χ0v) is 9.71. The van der Waals surface area contributed by atoms with Crippen LogP contribution in [0.5, 0.6) is 5.75 Å². The van der Waals surface area contributed by atoms with Crippen molar-refractivity contribution in [1.82, 2.24) is 9.55 Å². The van der Waals surface area contributed by atoms with Crippen molar-refractivity contribution < 1.29 is 9.84 Å². The van der Waals surface area contributed by atoms with Gasteiger partial charge in [-0.05, 0) is 18.2 Å². The van der Waals surface area contributed by atoms with Crippen LogP contribution in [0, 0.1) is 0 Å². The number of aliphatic hydroxyl groups excluding tert-OH is 1. The lowest BCUT2D eigenvalue weighted by atomic mass is 9.99. The largest absolute Gasteiger partial charge is 0.491 e. The molecule has 2 aromatic rings. The lowest BCUT2D eigenvalue weighted by Crippen LogP contribution is -2.28. The van der Waals surface area contributed by atoms with Crippen molar-refractivity contribution in [2.45, 2.75) is 12.1 Å². The smallest absolute Gasteiger partial charge is 0.125 e. The van der Waals surface area contributed by atoms with Crippen LogP contribution >= 0.6 is 11.6 Å². The Hall–Kier alpha value is -1.52. The summed E-state index contributed by atoms with van der Waals surface area (Å²) in [6.07, 6.45) is 4.53. The number of rotatable bonds is 1. The van der Waals surface area contributed by atoms with Gasteiger partial charge in [0.1, 0.15) is 18.5 Å². The van der Waals surface area contributed by atoms with Crippen molar-refractivity contribution in [3.63, 3.8) is 0 Å². The number of nitrogens with zero attached hydrogens (tertiary/aromatic N) is 2. The first-order chi connectivity index (χ1) is 8.25. The highest BCUT2D eigenvalue weighted by Crippen LogP contribution is 2.38. The van der Waals surface area contributed by atoms with Gasteiger partial charge >= 0.3 is 0 Å². The number of aromatic nitrogens is 2. The molecular formula is C12H11ClN2O2. The zero-order valence-electron chi connectivity index (χ0n) is 8.95. The van der Waals surface area contributed by atoms with Crippen LogP contribution in [0.25, 0.3) is 0 Å². The lowest BCUT2D eigenvalue weighted by Gasteiger charge is -2.31. The fourth-order valence-electron chi connectivity index (χ4n) is 2.07. The van der Waals surface area contributed by atoms with Gasteiger partial charge < -0.3 is 14.4 Å². The quantitative estimate of drug-likeness (QED) is 0.844. The van der Waals surface area contributed by atoms with Crippen LogP contribution in [0.3, 0.4) is 0 Å². The number of imidazole rings is 1. The number of hydrogen-bond donors (Lipinski definition) is 1. The van der Waals surface area contributed by atoms with Crippen molar-refractivity contribution in [2.24, 2.45) is 0 Å². The summed E-state index contributed by atoms with van der Waals surface area (Å²) in [5.41, 5.74) is 0.724. The van der Waals surface area contributed by atoms with Gasteiger partial charge in [0, 0.05) is 23.0 Å². The van der Waals surface area contributed by atoms with Gasteiger partial charge in [-0.3, -0.25) is 0 Å². The molecule has 4 nitrogen and oxygen atoms in total. The molecule has 0 unspecified atom stereocenters. The molecule has 0 fully saturated rings. The number of aliphatic hydroxyl groups is 1. The fraction of sp³-hybridized carbons (Fsp3) is 0.250. The molecule has 1 aliphatic rings. The van der Waals surface area contributed by atoms with Crippen LogP contribution in [-0.2, 0) is 0 Å². The first-order valence-corrected chi connectivity index (χ1v) is 5.71. The number of hydrogen-bond acceptors (Lipinski definition) is 3. The third kappa shape index (κ3) is 1.79. The number of ether oxygens (including phenoxy) is 1. The van der Waals surface area contributed by atoms with Gasteiger partial charge in [-0.25, -0.2) is 4.98 Å². The minimum atomic E-state index is -0.633. The Morgan fingerprint density at radius 3 is 3.12 bits per heavy atom. The van der Waals surface area contributed by atoms with Gasteiger partial charge in [-0.2, -0.15) is 0 Å². The molecule has 3 rings (SSSR count). The van der Waals surface area contributed by atoms with Gasteiger partial charge in [0.15, 0.2) is 0 Å². The van der Waals surface area contributed by atoms with Gasteiger partial charge in [-0.15, -0.1) is 0 Å². The van der Waals surface area contributed by atoms with E-state index in [1.54, 1.807) is 30.7 Å². The minimum absolute atomic E-state index is 0.163. The lowest BCUT2D eigenvalue weighted by molar-refractivity contribution is 0.0569. The van der Waals surface area contributed by atoms with E-state index < -0.39 is 6.10 Å². The van der Waals surface area contributed by atoms with Crippen molar-refractivity contribution in [2.75, 3.05) is 6.61 Å². The summed E-state index contributed by atoms with van der Waals surface area (Å²) in [5.74, 6) is 0.693. The highest BCUT2D eigenvalue weighted by atomic mass is 35.5. The summed E-state index contributed by atoms with van der Waals surface area (Å²) in [5, 5.41) is 10.9. The summed E-state index contributed by atoms with van der Waals surface area (Å²) >= 11 is 5.93. The third-order valence-electron chi connectivity index (χ3n) is 2.97. The maximum atomic E-state index is 10.3. The van der Waals surface area contributed by atoms with E-state index in [2.05, 4.69) is 4.98 Å². The van der Waals surface area contributed by atoms with Crippen LogP contribution < -0.4 is 4.74 Å². The van der Waals surface area contributed by atoms with Crippen LogP contribution in [0.2, 0.25) is 5.02 Å². The number of fused-ring (bicyclic) bond motifs is 1. The predicted octanol–water partition coefficient (Wildman–Crippen LogP) is 2.20. The standard InChI is InChI=1S/C12H11ClN2O2/c13-8-1-2-11-9(5-8)12(16)10(6-17-11)15-4-3-14-7-15/h1-5,7,10,12,16H,6H2/t10-,12+/m1/s1. The van der Waals surface area contributed by atoms with Gasteiger partial charge in [0.2, 0.25) is 0 Å². The summed E-state index contributed by atoms with van der Waals surface area (Å²) < 4.78 is 7.46. The molecule has 0 amide bonds. The van der Waals surface area contributed by atoms with Crippen molar-refractivity contribution in [3.8, 4) is 5.75 Å². The second-order valence-corrected chi connectivity index (χ2v) is 4.45. The van der Waals surface area contributed by atoms with E-state index >= 15 is 0 Å². The van der Waals surface area contributed by atoms with Crippen LogP contribution in [-0.4, -0.2) is 21.3 Å². The molecule has 0 bridgehead atoms. The maximum Gasteiger partial charge on any atom is 0.125 e. The van der Waals surface area contributed by atoms with Gasteiger partial charge in [0.05, 0.1) is 12.4 Å². The molecular weight excluding hydrogens is 240 g/mol. The molecule has 1 aliphatic heterocycles. The summed E-state index contributed by atoms with van der Waals surface area (Å²) in [7, 11) is 0. The minimum Gasteiger partial charge on any atom is -0.491 e. The average Bonchev–Trinajstić information content (AvgIpc) is 2.84. The van der Waals surface area contributed by atoms with E-state index in [0.29, 0.717) is 17.4 Å². The molecule has 0 saturated carbocycles. The Morgan fingerprint density at radius 1 is 1.47 bits per heavy atom. The van der Waals surface area contributed by atoms with Crippen molar-refractivity contribution in [1.29, 1.82) is 0 Å². The first-order valence-electron chi connectivity index (χ1n) is 5.33. The van der Waals surface area contributed by atoms with E-state index in [1.165, 1.54) is 0 Å². The molecule has 1 N–H and O–H groups in total. The average molecular weight is 251 g/mol. The molecule has 5 heteroatoms. The molecule has 1 aromatic carbocycles. The highest BCUT2D eigenvalue weighted by molar-refractivity contribution is 6.30. The molecule has 0 aliphatic carbocycles.